The van der Waals surface area contributed by atoms with E-state index in [2.05, 4.69) is 228 Å². The Morgan fingerprint density at radius 3 is 1.82 bits per heavy atom. The number of hydrazine groups is 1. The van der Waals surface area contributed by atoms with Crippen LogP contribution in [0.5, 0.6) is 0 Å². The zero-order valence-corrected chi connectivity index (χ0v) is 34.4. The summed E-state index contributed by atoms with van der Waals surface area (Å²) < 4.78 is 2.48. The molecule has 11 rings (SSSR count). The molecule has 1 heterocycles. The Kier molecular flexibility index (Phi) is 9.67. The molecule has 0 fully saturated rings. The van der Waals surface area contributed by atoms with Gasteiger partial charge in [0.2, 0.25) is 0 Å². The van der Waals surface area contributed by atoms with Crippen LogP contribution in [-0.4, -0.2) is 9.58 Å². The van der Waals surface area contributed by atoms with E-state index in [1.807, 2.05) is 17.1 Å². The van der Waals surface area contributed by atoms with E-state index < -0.39 is 5.41 Å². The van der Waals surface area contributed by atoms with Crippen molar-refractivity contribution in [2.24, 2.45) is 5.84 Å². The summed E-state index contributed by atoms with van der Waals surface area (Å²) in [5, 5.41) is 8.23. The highest BCUT2D eigenvalue weighted by molar-refractivity contribution is 6.19. The fraction of sp³-hybridized carbons (Fsp3) is 0.0690. The Balaban J connectivity index is 1.09. The van der Waals surface area contributed by atoms with E-state index in [4.69, 9.17) is 5.84 Å². The van der Waals surface area contributed by atoms with E-state index in [0.29, 0.717) is 13.1 Å². The average molecular weight is 799 g/mol. The van der Waals surface area contributed by atoms with Gasteiger partial charge in [-0.05, 0) is 85.5 Å². The van der Waals surface area contributed by atoms with Crippen LogP contribution >= 0.6 is 0 Å². The first-order chi connectivity index (χ1) is 30.7. The number of nitrogens with one attached hydrogen (secondary N) is 1. The van der Waals surface area contributed by atoms with Crippen molar-refractivity contribution >= 4 is 21.8 Å². The van der Waals surface area contributed by atoms with Crippen LogP contribution in [0.3, 0.4) is 0 Å². The maximum Gasteiger partial charge on any atom is 0.0996 e. The summed E-state index contributed by atoms with van der Waals surface area (Å²) in [6, 6.07) is 83.6. The number of aromatic nitrogens is 1. The number of hydrogen-bond donors (Lipinski definition) is 2. The molecule has 0 spiro atoms. The van der Waals surface area contributed by atoms with E-state index in [1.54, 1.807) is 0 Å². The summed E-state index contributed by atoms with van der Waals surface area (Å²) >= 11 is 0. The second kappa shape index (κ2) is 15.9. The summed E-state index contributed by atoms with van der Waals surface area (Å²) in [6.45, 7) is 1.24. The molecule has 298 valence electrons. The lowest BCUT2D eigenvalue weighted by Gasteiger charge is -2.33. The Morgan fingerprint density at radius 1 is 0.500 bits per heavy atom. The van der Waals surface area contributed by atoms with Crippen molar-refractivity contribution in [3.63, 3.8) is 0 Å². The van der Waals surface area contributed by atoms with Crippen molar-refractivity contribution in [3.05, 3.63) is 269 Å². The highest BCUT2D eigenvalue weighted by Gasteiger charge is 2.47. The van der Waals surface area contributed by atoms with Crippen molar-refractivity contribution in [3.8, 4) is 27.9 Å². The van der Waals surface area contributed by atoms with Crippen molar-refractivity contribution in [2.45, 2.75) is 24.7 Å². The van der Waals surface area contributed by atoms with Crippen molar-refractivity contribution in [1.82, 2.24) is 14.9 Å². The maximum absolute atomic E-state index is 6.88. The molecular formula is C58H46N4. The third-order valence-corrected chi connectivity index (χ3v) is 12.8. The molecule has 0 aliphatic heterocycles. The lowest BCUT2D eigenvalue weighted by atomic mass is 9.67. The first kappa shape index (κ1) is 37.6. The minimum Gasteiger partial charge on any atom is -0.309 e. The average Bonchev–Trinajstić information content (AvgIpc) is 3.83. The number of nitrogens with two attached hydrogens (primary N) is 1. The van der Waals surface area contributed by atoms with Gasteiger partial charge in [-0.1, -0.05) is 206 Å². The molecule has 1 aromatic heterocycles. The molecule has 0 radical (unpaired) electrons. The summed E-state index contributed by atoms with van der Waals surface area (Å²) in [5.74, 6) is 6.88. The van der Waals surface area contributed by atoms with Gasteiger partial charge in [0, 0.05) is 29.5 Å². The van der Waals surface area contributed by atoms with Crippen LogP contribution in [0.1, 0.15) is 45.1 Å². The SMILES string of the molecule is NN(Cc1ccccc1)C(NCc1cccc(-n2c3cc(-c4ccccc4)ccc3c3c4c(ccc32)C(c2ccccc2)(c2ccccc2)c2ccccc2-4)c1)c1ccccc1. The third-order valence-electron chi connectivity index (χ3n) is 12.8. The molecule has 4 nitrogen and oxygen atoms in total. The molecule has 9 aromatic carbocycles. The molecule has 0 saturated heterocycles. The first-order valence-corrected chi connectivity index (χ1v) is 21.5. The summed E-state index contributed by atoms with van der Waals surface area (Å²) in [7, 11) is 0. The van der Waals surface area contributed by atoms with Gasteiger partial charge in [-0.3, -0.25) is 11.2 Å². The lowest BCUT2D eigenvalue weighted by Crippen LogP contribution is -2.42. The topological polar surface area (TPSA) is 46.2 Å². The molecule has 1 aliphatic rings. The van der Waals surface area contributed by atoms with Crippen LogP contribution in [-0.2, 0) is 18.5 Å². The van der Waals surface area contributed by atoms with Crippen LogP contribution in [0.25, 0.3) is 49.7 Å². The molecule has 0 saturated carbocycles. The van der Waals surface area contributed by atoms with Gasteiger partial charge < -0.3 is 4.57 Å². The van der Waals surface area contributed by atoms with E-state index >= 15 is 0 Å². The maximum atomic E-state index is 6.88. The Labute approximate surface area is 363 Å². The van der Waals surface area contributed by atoms with E-state index in [9.17, 15) is 0 Å². The van der Waals surface area contributed by atoms with Crippen molar-refractivity contribution < 1.29 is 0 Å². The monoisotopic (exact) mass is 798 g/mol. The molecule has 10 aromatic rings. The Hall–Kier alpha value is -7.34. The molecule has 0 amide bonds. The smallest absolute Gasteiger partial charge is 0.0996 e. The highest BCUT2D eigenvalue weighted by atomic mass is 15.5. The minimum atomic E-state index is -0.487. The number of fused-ring (bicyclic) bond motifs is 7. The van der Waals surface area contributed by atoms with E-state index in [-0.39, 0.29) is 6.17 Å². The first-order valence-electron chi connectivity index (χ1n) is 21.5. The Morgan fingerprint density at radius 2 is 1.11 bits per heavy atom. The molecule has 4 heteroatoms. The second-order valence-electron chi connectivity index (χ2n) is 16.4. The lowest BCUT2D eigenvalue weighted by molar-refractivity contribution is 0.158. The standard InChI is InChI=1S/C58H46N4/c59-61(40-41-19-6-1-7-20-41)57(44-24-10-3-11-25-44)60-39-42-21-18-30-48(37-42)62-53-36-35-52-55(56(53)50-34-33-45(38-54(50)62)43-22-8-2-9-23-43)49-31-16-17-32-51(49)58(52,46-26-12-4-13-27-46)47-28-14-5-15-29-47/h1-38,57,60H,39-40,59H2. The van der Waals surface area contributed by atoms with Crippen LogP contribution < -0.4 is 11.2 Å². The van der Waals surface area contributed by atoms with Crippen LogP contribution in [0.4, 0.5) is 0 Å². The fourth-order valence-corrected chi connectivity index (χ4v) is 10.1. The molecule has 0 bridgehead atoms. The summed E-state index contributed by atoms with van der Waals surface area (Å²) in [6.07, 6.45) is -0.195. The number of nitrogens with zero attached hydrogens (tertiary/aromatic N) is 2. The van der Waals surface area contributed by atoms with Gasteiger partial charge in [-0.15, -0.1) is 0 Å². The van der Waals surface area contributed by atoms with Gasteiger partial charge in [0.25, 0.3) is 0 Å². The summed E-state index contributed by atoms with van der Waals surface area (Å²) in [5.41, 5.74) is 16.5. The second-order valence-corrected chi connectivity index (χ2v) is 16.4. The highest BCUT2D eigenvalue weighted by Crippen LogP contribution is 2.59. The molecule has 62 heavy (non-hydrogen) atoms. The normalized spacial score (nSPS) is 13.3. The van der Waals surface area contributed by atoms with Gasteiger partial charge in [-0.25, -0.2) is 5.01 Å². The third kappa shape index (κ3) is 6.36. The van der Waals surface area contributed by atoms with Gasteiger partial charge >= 0.3 is 0 Å². The zero-order valence-electron chi connectivity index (χ0n) is 34.4. The molecule has 3 N–H and O–H groups in total. The van der Waals surface area contributed by atoms with Crippen LogP contribution in [0.15, 0.2) is 231 Å². The van der Waals surface area contributed by atoms with Crippen LogP contribution in [0, 0.1) is 0 Å². The van der Waals surface area contributed by atoms with Gasteiger partial charge in [0.05, 0.1) is 22.6 Å². The number of hydrogen-bond acceptors (Lipinski definition) is 3. The van der Waals surface area contributed by atoms with Gasteiger partial charge in [0.1, 0.15) is 0 Å². The van der Waals surface area contributed by atoms with Gasteiger partial charge in [0.15, 0.2) is 0 Å². The predicted molar refractivity (Wildman–Crippen MR) is 256 cm³/mol. The Bertz CT molecular complexity index is 3120. The number of benzene rings is 9. The number of rotatable bonds is 11. The van der Waals surface area contributed by atoms with Crippen molar-refractivity contribution in [1.29, 1.82) is 0 Å². The van der Waals surface area contributed by atoms with Crippen LogP contribution in [0.2, 0.25) is 0 Å². The fourth-order valence-electron chi connectivity index (χ4n) is 10.1. The molecule has 1 unspecified atom stereocenters. The summed E-state index contributed by atoms with van der Waals surface area (Å²) in [4.78, 5) is 0. The van der Waals surface area contributed by atoms with Gasteiger partial charge in [-0.2, -0.15) is 0 Å². The molecule has 1 aliphatic carbocycles. The van der Waals surface area contributed by atoms with E-state index in [0.717, 1.165) is 11.3 Å². The quantitative estimate of drug-likeness (QED) is 0.0778. The minimum absolute atomic E-state index is 0.195. The molecular weight excluding hydrogens is 753 g/mol. The van der Waals surface area contributed by atoms with Crippen molar-refractivity contribution in [2.75, 3.05) is 0 Å². The zero-order chi connectivity index (χ0) is 41.5. The molecule has 1 atom stereocenters. The largest absolute Gasteiger partial charge is 0.309 e. The predicted octanol–water partition coefficient (Wildman–Crippen LogP) is 13.0. The van der Waals surface area contributed by atoms with E-state index in [1.165, 1.54) is 77.4 Å².